The van der Waals surface area contributed by atoms with Crippen molar-refractivity contribution in [1.29, 1.82) is 0 Å². The van der Waals surface area contributed by atoms with E-state index in [-0.39, 0.29) is 11.8 Å². The second kappa shape index (κ2) is 5.99. The van der Waals surface area contributed by atoms with Crippen LogP contribution in [0.5, 0.6) is 0 Å². The molecular formula is C14H16BN3O3. The van der Waals surface area contributed by atoms with Crippen molar-refractivity contribution in [3.8, 4) is 0 Å². The number of nitrogens with zero attached hydrogens (tertiary/aromatic N) is 2. The average molecular weight is 285 g/mol. The Hall–Kier alpha value is -2.31. The Balaban J connectivity index is 2.37. The summed E-state index contributed by atoms with van der Waals surface area (Å²) in [6.07, 6.45) is 1.38. The molecule has 1 unspecified atom stereocenters. The first-order chi connectivity index (χ1) is 9.95. The molecule has 1 atom stereocenters. The highest BCUT2D eigenvalue weighted by atomic mass is 16.2. The van der Waals surface area contributed by atoms with Gasteiger partial charge in [-0.25, -0.2) is 0 Å². The summed E-state index contributed by atoms with van der Waals surface area (Å²) in [6.45, 7) is 0. The first-order valence-electron chi connectivity index (χ1n) is 6.59. The number of piperidine rings is 1. The van der Waals surface area contributed by atoms with Gasteiger partial charge in [-0.2, -0.15) is 0 Å². The van der Waals surface area contributed by atoms with Crippen LogP contribution in [-0.2, 0) is 14.4 Å². The molecule has 7 heteroatoms. The molecule has 3 amide bonds. The number of benzene rings is 1. The van der Waals surface area contributed by atoms with Crippen molar-refractivity contribution in [2.45, 2.75) is 18.9 Å². The fourth-order valence-electron chi connectivity index (χ4n) is 2.49. The summed E-state index contributed by atoms with van der Waals surface area (Å²) in [5.41, 5.74) is 1.65. The van der Waals surface area contributed by atoms with Crippen LogP contribution < -0.4 is 20.6 Å². The van der Waals surface area contributed by atoms with Crippen LogP contribution in [0.4, 0.5) is 11.4 Å². The van der Waals surface area contributed by atoms with Gasteiger partial charge in [-0.05, 0) is 12.5 Å². The largest absolute Gasteiger partial charge is 0.361 e. The smallest absolute Gasteiger partial charge is 0.249 e. The number of carbonyl (C=O) groups is 3. The van der Waals surface area contributed by atoms with E-state index < -0.39 is 6.04 Å². The molecule has 1 aliphatic heterocycles. The molecule has 2 rings (SSSR count). The third-order valence-electron chi connectivity index (χ3n) is 3.61. The molecule has 1 aliphatic rings. The van der Waals surface area contributed by atoms with Crippen LogP contribution in [0.15, 0.2) is 18.2 Å². The zero-order valence-electron chi connectivity index (χ0n) is 12.0. The summed E-state index contributed by atoms with van der Waals surface area (Å²) in [7, 11) is 9.28. The maximum Gasteiger partial charge on any atom is 0.249 e. The Kier molecular flexibility index (Phi) is 4.30. The minimum Gasteiger partial charge on any atom is -0.361 e. The number of anilines is 2. The van der Waals surface area contributed by atoms with Gasteiger partial charge in [0, 0.05) is 20.5 Å². The molecule has 1 heterocycles. The van der Waals surface area contributed by atoms with E-state index in [1.165, 1.54) is 4.90 Å². The Bertz CT molecular complexity index is 591. The first-order valence-corrected chi connectivity index (χ1v) is 6.59. The van der Waals surface area contributed by atoms with Crippen LogP contribution in [0.25, 0.3) is 0 Å². The zero-order valence-corrected chi connectivity index (χ0v) is 12.0. The number of hydrogen-bond donors (Lipinski definition) is 1. The Morgan fingerprint density at radius 1 is 1.33 bits per heavy atom. The van der Waals surface area contributed by atoms with E-state index in [1.54, 1.807) is 37.2 Å². The molecule has 2 radical (unpaired) electrons. The summed E-state index contributed by atoms with van der Waals surface area (Å²) in [5, 5.41) is 2.32. The summed E-state index contributed by atoms with van der Waals surface area (Å²) >= 11 is 0. The number of amides is 3. The Morgan fingerprint density at radius 3 is 2.67 bits per heavy atom. The lowest BCUT2D eigenvalue weighted by molar-refractivity contribution is -0.134. The van der Waals surface area contributed by atoms with E-state index in [0.717, 1.165) is 0 Å². The van der Waals surface area contributed by atoms with Crippen LogP contribution in [-0.4, -0.2) is 46.2 Å². The molecule has 0 spiro atoms. The lowest BCUT2D eigenvalue weighted by Crippen LogP contribution is -2.51. The molecule has 1 N–H and O–H groups in total. The lowest BCUT2D eigenvalue weighted by atomic mass is 9.92. The topological polar surface area (TPSA) is 69.7 Å². The molecule has 6 nitrogen and oxygen atoms in total. The van der Waals surface area contributed by atoms with Crippen LogP contribution in [0, 0.1) is 0 Å². The SMILES string of the molecule is [B]c1cccc(N(C)C2CCC(=O)NC2=O)c1N(C)C=O. The predicted octanol–water partition coefficient (Wildman–Crippen LogP) is -0.686. The van der Waals surface area contributed by atoms with Gasteiger partial charge in [-0.15, -0.1) is 0 Å². The van der Waals surface area contributed by atoms with Crippen molar-refractivity contribution in [2.75, 3.05) is 23.9 Å². The fraction of sp³-hybridized carbons (Fsp3) is 0.357. The van der Waals surface area contributed by atoms with Gasteiger partial charge in [0.1, 0.15) is 13.9 Å². The normalized spacial score (nSPS) is 18.1. The van der Waals surface area contributed by atoms with Gasteiger partial charge in [0.2, 0.25) is 18.2 Å². The zero-order chi connectivity index (χ0) is 15.6. The van der Waals surface area contributed by atoms with Crippen molar-refractivity contribution >= 4 is 42.9 Å². The maximum absolute atomic E-state index is 12.0. The number of nitrogens with one attached hydrogen (secondary N) is 1. The summed E-state index contributed by atoms with van der Waals surface area (Å²) in [4.78, 5) is 37.4. The third-order valence-corrected chi connectivity index (χ3v) is 3.61. The maximum atomic E-state index is 12.0. The van der Waals surface area contributed by atoms with Crippen molar-refractivity contribution in [3.05, 3.63) is 18.2 Å². The molecule has 1 aromatic rings. The molecule has 0 aromatic heterocycles. The van der Waals surface area contributed by atoms with Gasteiger partial charge in [0.15, 0.2) is 0 Å². The number of hydrogen-bond acceptors (Lipinski definition) is 4. The van der Waals surface area contributed by atoms with Gasteiger partial charge in [-0.3, -0.25) is 19.7 Å². The number of carbonyl (C=O) groups excluding carboxylic acids is 3. The van der Waals surface area contributed by atoms with Gasteiger partial charge < -0.3 is 9.80 Å². The first kappa shape index (κ1) is 15.1. The quantitative estimate of drug-likeness (QED) is 0.452. The minimum absolute atomic E-state index is 0.262. The van der Waals surface area contributed by atoms with E-state index in [2.05, 4.69) is 5.32 Å². The molecule has 0 bridgehead atoms. The lowest BCUT2D eigenvalue weighted by Gasteiger charge is -2.34. The fourth-order valence-corrected chi connectivity index (χ4v) is 2.49. The Morgan fingerprint density at radius 2 is 2.05 bits per heavy atom. The van der Waals surface area contributed by atoms with Gasteiger partial charge in [0.05, 0.1) is 11.4 Å². The van der Waals surface area contributed by atoms with Gasteiger partial charge in [0.25, 0.3) is 0 Å². The van der Waals surface area contributed by atoms with Crippen molar-refractivity contribution in [3.63, 3.8) is 0 Å². The number of likely N-dealkylation sites (N-methyl/N-ethyl adjacent to an activating group) is 1. The molecule has 108 valence electrons. The summed E-state index contributed by atoms with van der Waals surface area (Å²) in [6, 6.07) is 4.77. The predicted molar refractivity (Wildman–Crippen MR) is 80.9 cm³/mol. The van der Waals surface area contributed by atoms with Crippen LogP contribution in [0.1, 0.15) is 12.8 Å². The number of rotatable bonds is 4. The highest BCUT2D eigenvalue weighted by Crippen LogP contribution is 2.28. The van der Waals surface area contributed by atoms with Crippen LogP contribution >= 0.6 is 0 Å². The minimum atomic E-state index is -0.469. The molecule has 0 aliphatic carbocycles. The van der Waals surface area contributed by atoms with Gasteiger partial charge in [-0.1, -0.05) is 17.6 Å². The van der Waals surface area contributed by atoms with Crippen molar-refractivity contribution in [2.24, 2.45) is 0 Å². The van der Waals surface area contributed by atoms with E-state index in [1.807, 2.05) is 0 Å². The number of imide groups is 1. The van der Waals surface area contributed by atoms with Crippen molar-refractivity contribution in [1.82, 2.24) is 5.32 Å². The Labute approximate surface area is 124 Å². The summed E-state index contributed by atoms with van der Waals surface area (Å²) < 4.78 is 0. The molecule has 1 fully saturated rings. The highest BCUT2D eigenvalue weighted by molar-refractivity contribution is 6.37. The van der Waals surface area contributed by atoms with E-state index in [4.69, 9.17) is 7.85 Å². The molecular weight excluding hydrogens is 269 g/mol. The average Bonchev–Trinajstić information content (AvgIpc) is 2.45. The molecule has 0 saturated carbocycles. The molecule has 1 aromatic carbocycles. The molecule has 1 saturated heterocycles. The van der Waals surface area contributed by atoms with Crippen molar-refractivity contribution < 1.29 is 14.4 Å². The van der Waals surface area contributed by atoms with Gasteiger partial charge >= 0.3 is 0 Å². The summed E-state index contributed by atoms with van der Waals surface area (Å²) in [5.74, 6) is -0.599. The van der Waals surface area contributed by atoms with E-state index in [0.29, 0.717) is 36.1 Å². The van der Waals surface area contributed by atoms with Crippen LogP contribution in [0.2, 0.25) is 0 Å². The standard InChI is InChI=1S/C14H16BN3O3/c1-17(8-19)13-9(15)4-3-5-10(13)18(2)11-6-7-12(20)16-14(11)21/h3-5,8,11H,6-7H2,1-2H3,(H,16,20,21). The number of para-hydroxylation sites is 1. The molecule has 21 heavy (non-hydrogen) atoms. The second-order valence-corrected chi connectivity index (χ2v) is 5.01. The van der Waals surface area contributed by atoms with Crippen LogP contribution in [0.3, 0.4) is 0 Å². The van der Waals surface area contributed by atoms with E-state index in [9.17, 15) is 14.4 Å². The third kappa shape index (κ3) is 2.91. The second-order valence-electron chi connectivity index (χ2n) is 5.01. The highest BCUT2D eigenvalue weighted by Gasteiger charge is 2.31. The monoisotopic (exact) mass is 285 g/mol. The van der Waals surface area contributed by atoms with E-state index >= 15 is 0 Å².